The highest BCUT2D eigenvalue weighted by atomic mass is 32.2. The van der Waals surface area contributed by atoms with Crippen LogP contribution in [-0.2, 0) is 17.8 Å². The fourth-order valence-corrected chi connectivity index (χ4v) is 5.75. The molecule has 1 saturated heterocycles. The molecule has 0 atom stereocenters. The van der Waals surface area contributed by atoms with Gasteiger partial charge in [-0.1, -0.05) is 68.2 Å². The van der Waals surface area contributed by atoms with Gasteiger partial charge in [-0.3, -0.25) is 18.9 Å². The Morgan fingerprint density at radius 2 is 1.91 bits per heavy atom. The maximum Gasteiger partial charge on any atom is 0.267 e. The highest BCUT2D eigenvalue weighted by Gasteiger charge is 2.33. The zero-order valence-electron chi connectivity index (χ0n) is 19.4. The first kappa shape index (κ1) is 22.8. The van der Waals surface area contributed by atoms with Crippen molar-refractivity contribution in [2.24, 2.45) is 5.92 Å². The van der Waals surface area contributed by atoms with Crippen LogP contribution in [0.5, 0.6) is 0 Å². The third kappa shape index (κ3) is 4.05. The maximum absolute atomic E-state index is 13.7. The highest BCUT2D eigenvalue weighted by Crippen LogP contribution is 2.34. The molecule has 0 spiro atoms. The van der Waals surface area contributed by atoms with Crippen LogP contribution in [0.4, 0.5) is 5.82 Å². The summed E-state index contributed by atoms with van der Waals surface area (Å²) in [5, 5.41) is 0. The number of aryl methyl sites for hydroxylation is 1. The van der Waals surface area contributed by atoms with Gasteiger partial charge in [-0.15, -0.1) is 0 Å². The summed E-state index contributed by atoms with van der Waals surface area (Å²) >= 11 is 6.73. The lowest BCUT2D eigenvalue weighted by Gasteiger charge is -2.31. The first-order valence-electron chi connectivity index (χ1n) is 11.4. The molecule has 0 bridgehead atoms. The van der Waals surface area contributed by atoms with Crippen LogP contribution in [0.3, 0.4) is 0 Å². The van der Waals surface area contributed by atoms with E-state index < -0.39 is 0 Å². The fourth-order valence-electron chi connectivity index (χ4n) is 4.50. The zero-order chi connectivity index (χ0) is 24.0. The normalized spacial score (nSPS) is 17.4. The summed E-state index contributed by atoms with van der Waals surface area (Å²) in [5.74, 6) is 0.761. The second kappa shape index (κ2) is 9.00. The Morgan fingerprint density at radius 1 is 1.15 bits per heavy atom. The Morgan fingerprint density at radius 3 is 2.68 bits per heavy atom. The van der Waals surface area contributed by atoms with E-state index in [0.717, 1.165) is 18.5 Å². The second-order valence-corrected chi connectivity index (χ2v) is 10.8. The summed E-state index contributed by atoms with van der Waals surface area (Å²) in [7, 11) is 0. The SMILES string of the molecule is Cc1cccn2c(=O)c(C=C3SC(=S)N(CC(C)C)C3=O)c(N3CCc4ccccc4C3)nc12. The van der Waals surface area contributed by atoms with Crippen molar-refractivity contribution in [3.63, 3.8) is 0 Å². The topological polar surface area (TPSA) is 57.9 Å². The van der Waals surface area contributed by atoms with Gasteiger partial charge in [0.1, 0.15) is 15.8 Å². The van der Waals surface area contributed by atoms with Crippen LogP contribution in [-0.4, -0.2) is 37.6 Å². The molecule has 0 unspecified atom stereocenters. The predicted octanol–water partition coefficient (Wildman–Crippen LogP) is 4.42. The van der Waals surface area contributed by atoms with Crippen LogP contribution in [0, 0.1) is 12.8 Å². The van der Waals surface area contributed by atoms with Crippen molar-refractivity contribution in [3.05, 3.63) is 80.1 Å². The molecule has 4 heterocycles. The van der Waals surface area contributed by atoms with Crippen molar-refractivity contribution in [3.8, 4) is 0 Å². The van der Waals surface area contributed by atoms with E-state index in [4.69, 9.17) is 17.2 Å². The predicted molar refractivity (Wildman–Crippen MR) is 142 cm³/mol. The van der Waals surface area contributed by atoms with E-state index >= 15 is 0 Å². The number of anilines is 1. The van der Waals surface area contributed by atoms with Gasteiger partial charge in [0.05, 0.1) is 10.5 Å². The molecule has 34 heavy (non-hydrogen) atoms. The quantitative estimate of drug-likeness (QED) is 0.399. The number of aromatic nitrogens is 2. The minimum atomic E-state index is -0.184. The van der Waals surface area contributed by atoms with Crippen molar-refractivity contribution in [1.29, 1.82) is 0 Å². The number of pyridine rings is 1. The van der Waals surface area contributed by atoms with Gasteiger partial charge in [0.2, 0.25) is 0 Å². The molecule has 1 aromatic carbocycles. The van der Waals surface area contributed by atoms with E-state index in [0.29, 0.717) is 45.3 Å². The molecule has 8 heteroatoms. The Hall–Kier alpha value is -2.97. The summed E-state index contributed by atoms with van der Waals surface area (Å²) in [5.41, 5.74) is 4.35. The lowest BCUT2D eigenvalue weighted by Crippen LogP contribution is -2.34. The molecule has 6 nitrogen and oxygen atoms in total. The Kier molecular flexibility index (Phi) is 6.04. The van der Waals surface area contributed by atoms with Gasteiger partial charge >= 0.3 is 0 Å². The van der Waals surface area contributed by atoms with Crippen LogP contribution in [0.15, 0.2) is 52.3 Å². The van der Waals surface area contributed by atoms with Crippen LogP contribution in [0.2, 0.25) is 0 Å². The van der Waals surface area contributed by atoms with E-state index in [1.807, 2.05) is 25.1 Å². The van der Waals surface area contributed by atoms with Crippen LogP contribution in [0.1, 0.15) is 36.1 Å². The second-order valence-electron chi connectivity index (χ2n) is 9.17. The largest absolute Gasteiger partial charge is 0.351 e. The van der Waals surface area contributed by atoms with E-state index in [-0.39, 0.29) is 11.5 Å². The average Bonchev–Trinajstić information content (AvgIpc) is 3.08. The number of carbonyl (C=O) groups excluding carboxylic acids is 1. The minimum absolute atomic E-state index is 0.146. The van der Waals surface area contributed by atoms with Crippen molar-refractivity contribution in [1.82, 2.24) is 14.3 Å². The molecule has 0 radical (unpaired) electrons. The summed E-state index contributed by atoms with van der Waals surface area (Å²) in [6.45, 7) is 8.03. The van der Waals surface area contributed by atoms with Crippen molar-refractivity contribution in [2.45, 2.75) is 33.7 Å². The lowest BCUT2D eigenvalue weighted by molar-refractivity contribution is -0.122. The van der Waals surface area contributed by atoms with Gasteiger partial charge in [-0.2, -0.15) is 0 Å². The fraction of sp³-hybridized carbons (Fsp3) is 0.308. The third-order valence-electron chi connectivity index (χ3n) is 6.19. The standard InChI is InChI=1S/C26H26N4O2S2/c1-16(2)14-30-25(32)21(34-26(30)33)13-20-23(27-22-17(3)7-6-11-29(22)24(20)31)28-12-10-18-8-4-5-9-19(18)15-28/h4-9,11,13,16H,10,12,14-15H2,1-3H3. The van der Waals surface area contributed by atoms with Crippen LogP contribution in [0.25, 0.3) is 11.7 Å². The number of carbonyl (C=O) groups is 1. The number of nitrogens with zero attached hydrogens (tertiary/aromatic N) is 4. The Balaban J connectivity index is 1.65. The highest BCUT2D eigenvalue weighted by molar-refractivity contribution is 8.26. The number of thiocarbonyl (C=S) groups is 1. The van der Waals surface area contributed by atoms with E-state index in [1.165, 1.54) is 22.9 Å². The molecule has 0 aliphatic carbocycles. The van der Waals surface area contributed by atoms with E-state index in [9.17, 15) is 9.59 Å². The number of fused-ring (bicyclic) bond motifs is 2. The van der Waals surface area contributed by atoms with E-state index in [1.54, 1.807) is 21.6 Å². The monoisotopic (exact) mass is 490 g/mol. The number of rotatable bonds is 4. The van der Waals surface area contributed by atoms with Crippen molar-refractivity contribution >= 4 is 51.7 Å². The van der Waals surface area contributed by atoms with Gasteiger partial charge in [-0.05, 0) is 48.1 Å². The molecule has 5 rings (SSSR count). The van der Waals surface area contributed by atoms with Crippen molar-refractivity contribution in [2.75, 3.05) is 18.0 Å². The summed E-state index contributed by atoms with van der Waals surface area (Å²) in [6.07, 6.45) is 4.30. The zero-order valence-corrected chi connectivity index (χ0v) is 21.1. The van der Waals surface area contributed by atoms with Gasteiger partial charge in [0, 0.05) is 25.8 Å². The number of benzene rings is 1. The number of thioether (sulfide) groups is 1. The molecule has 1 amide bonds. The molecule has 0 N–H and O–H groups in total. The number of hydrogen-bond acceptors (Lipinski definition) is 6. The molecule has 1 fully saturated rings. The van der Waals surface area contributed by atoms with Crippen LogP contribution >= 0.6 is 24.0 Å². The Bertz CT molecular complexity index is 1410. The number of amides is 1. The number of hydrogen-bond donors (Lipinski definition) is 0. The lowest BCUT2D eigenvalue weighted by atomic mass is 9.99. The average molecular weight is 491 g/mol. The molecule has 2 aromatic heterocycles. The van der Waals surface area contributed by atoms with Gasteiger partial charge in [0.15, 0.2) is 0 Å². The first-order valence-corrected chi connectivity index (χ1v) is 12.6. The minimum Gasteiger partial charge on any atom is -0.351 e. The Labute approximate surface area is 208 Å². The molecule has 2 aliphatic heterocycles. The third-order valence-corrected chi connectivity index (χ3v) is 7.57. The molecule has 2 aliphatic rings. The summed E-state index contributed by atoms with van der Waals surface area (Å²) in [6, 6.07) is 12.2. The first-order chi connectivity index (χ1) is 16.3. The van der Waals surface area contributed by atoms with E-state index in [2.05, 4.69) is 36.9 Å². The molecule has 0 saturated carbocycles. The summed E-state index contributed by atoms with van der Waals surface area (Å²) in [4.78, 5) is 36.1. The van der Waals surface area contributed by atoms with Gasteiger partial charge in [-0.25, -0.2) is 4.98 Å². The molecular formula is C26H26N4O2S2. The molecule has 174 valence electrons. The van der Waals surface area contributed by atoms with Gasteiger partial charge < -0.3 is 4.90 Å². The van der Waals surface area contributed by atoms with Gasteiger partial charge in [0.25, 0.3) is 11.5 Å². The van der Waals surface area contributed by atoms with Crippen molar-refractivity contribution < 1.29 is 4.79 Å². The van der Waals surface area contributed by atoms with Crippen LogP contribution < -0.4 is 10.5 Å². The summed E-state index contributed by atoms with van der Waals surface area (Å²) < 4.78 is 2.10. The molecule has 3 aromatic rings. The smallest absolute Gasteiger partial charge is 0.267 e. The maximum atomic E-state index is 13.7. The molecular weight excluding hydrogens is 464 g/mol.